The topological polar surface area (TPSA) is 90.0 Å². The Kier molecular flexibility index (Phi) is 6.58. The molecule has 1 unspecified atom stereocenters. The van der Waals surface area contributed by atoms with E-state index in [0.29, 0.717) is 37.0 Å². The Morgan fingerprint density at radius 3 is 2.80 bits per heavy atom. The Morgan fingerprint density at radius 2 is 2.16 bits per heavy atom. The van der Waals surface area contributed by atoms with Crippen LogP contribution in [0.1, 0.15) is 24.2 Å². The van der Waals surface area contributed by atoms with Gasteiger partial charge in [0.25, 0.3) is 5.91 Å². The number of methoxy groups -OCH3 is 2. The Bertz CT molecular complexity index is 620. The number of carbonyl (C=O) groups is 2. The second-order valence-corrected chi connectivity index (χ2v) is 6.25. The molecule has 1 N–H and O–H groups in total. The third-order valence-corrected chi connectivity index (χ3v) is 3.78. The Morgan fingerprint density at radius 1 is 1.40 bits per heavy atom. The maximum Gasteiger partial charge on any atom is 0.256 e. The van der Waals surface area contributed by atoms with Crippen molar-refractivity contribution >= 4 is 11.8 Å². The SMILES string of the molecule is COc1ccc(C(=O)NCC2CN(CC(C)C)C(=O)CO2)c(OC)n1. The van der Waals surface area contributed by atoms with E-state index in [1.807, 2.05) is 0 Å². The third kappa shape index (κ3) is 5.06. The van der Waals surface area contributed by atoms with Gasteiger partial charge < -0.3 is 24.4 Å². The smallest absolute Gasteiger partial charge is 0.256 e. The number of morpholine rings is 1. The molecule has 1 saturated heterocycles. The highest BCUT2D eigenvalue weighted by Gasteiger charge is 2.27. The molecule has 0 aromatic carbocycles. The van der Waals surface area contributed by atoms with Gasteiger partial charge >= 0.3 is 0 Å². The predicted octanol–water partition coefficient (Wildman–Crippen LogP) is 0.712. The highest BCUT2D eigenvalue weighted by atomic mass is 16.5. The standard InChI is InChI=1S/C17H25N3O5/c1-11(2)8-20-9-12(25-10-15(20)21)7-18-16(22)13-5-6-14(23-3)19-17(13)24-4/h5-6,11-12H,7-10H2,1-4H3,(H,18,22). The first-order chi connectivity index (χ1) is 11.9. The van der Waals surface area contributed by atoms with E-state index < -0.39 is 0 Å². The molecular weight excluding hydrogens is 326 g/mol. The first kappa shape index (κ1) is 19.0. The average molecular weight is 351 g/mol. The van der Waals surface area contributed by atoms with Crippen molar-refractivity contribution < 1.29 is 23.8 Å². The van der Waals surface area contributed by atoms with Crippen LogP contribution in [0, 0.1) is 5.92 Å². The van der Waals surface area contributed by atoms with E-state index in [0.717, 1.165) is 0 Å². The van der Waals surface area contributed by atoms with E-state index in [1.165, 1.54) is 14.2 Å². The monoisotopic (exact) mass is 351 g/mol. The summed E-state index contributed by atoms with van der Waals surface area (Å²) < 4.78 is 15.7. The minimum Gasteiger partial charge on any atom is -0.481 e. The fourth-order valence-corrected chi connectivity index (χ4v) is 2.59. The lowest BCUT2D eigenvalue weighted by Gasteiger charge is -2.33. The highest BCUT2D eigenvalue weighted by Crippen LogP contribution is 2.19. The Balaban J connectivity index is 1.94. The van der Waals surface area contributed by atoms with Gasteiger partial charge in [0.1, 0.15) is 12.2 Å². The van der Waals surface area contributed by atoms with Gasteiger partial charge in [0.15, 0.2) is 0 Å². The molecule has 0 bridgehead atoms. The molecule has 8 heteroatoms. The van der Waals surface area contributed by atoms with Gasteiger partial charge in [0, 0.05) is 25.7 Å². The summed E-state index contributed by atoms with van der Waals surface area (Å²) in [5, 5.41) is 2.81. The van der Waals surface area contributed by atoms with Gasteiger partial charge in [-0.05, 0) is 12.0 Å². The molecule has 2 heterocycles. The number of pyridine rings is 1. The fraction of sp³-hybridized carbons (Fsp3) is 0.588. The van der Waals surface area contributed by atoms with Gasteiger partial charge in [0.2, 0.25) is 17.7 Å². The summed E-state index contributed by atoms with van der Waals surface area (Å²) in [4.78, 5) is 30.1. The van der Waals surface area contributed by atoms with Crippen LogP contribution in [0.4, 0.5) is 0 Å². The lowest BCUT2D eigenvalue weighted by Crippen LogP contribution is -2.51. The van der Waals surface area contributed by atoms with Gasteiger partial charge in [0.05, 0.1) is 20.3 Å². The maximum absolute atomic E-state index is 12.4. The van der Waals surface area contributed by atoms with E-state index >= 15 is 0 Å². The number of ether oxygens (including phenoxy) is 3. The van der Waals surface area contributed by atoms with Gasteiger partial charge in [-0.1, -0.05) is 13.8 Å². The highest BCUT2D eigenvalue weighted by molar-refractivity contribution is 5.96. The summed E-state index contributed by atoms with van der Waals surface area (Å²) in [6.45, 7) is 5.61. The number of amides is 2. The summed E-state index contributed by atoms with van der Waals surface area (Å²) in [6.07, 6.45) is -0.238. The van der Waals surface area contributed by atoms with Crippen LogP contribution < -0.4 is 14.8 Å². The van der Waals surface area contributed by atoms with Crippen molar-refractivity contribution in [2.75, 3.05) is 40.5 Å². The summed E-state index contributed by atoms with van der Waals surface area (Å²) >= 11 is 0. The largest absolute Gasteiger partial charge is 0.481 e. The zero-order valence-corrected chi connectivity index (χ0v) is 15.1. The molecular formula is C17H25N3O5. The first-order valence-corrected chi connectivity index (χ1v) is 8.21. The molecule has 138 valence electrons. The number of aromatic nitrogens is 1. The Labute approximate surface area is 147 Å². The van der Waals surface area contributed by atoms with Crippen LogP contribution in [0.2, 0.25) is 0 Å². The van der Waals surface area contributed by atoms with Crippen LogP contribution in [0.25, 0.3) is 0 Å². The van der Waals surface area contributed by atoms with Crippen LogP contribution in [0.3, 0.4) is 0 Å². The number of nitrogens with one attached hydrogen (secondary N) is 1. The first-order valence-electron chi connectivity index (χ1n) is 8.21. The minimum atomic E-state index is -0.317. The summed E-state index contributed by atoms with van der Waals surface area (Å²) in [6, 6.07) is 3.19. The second kappa shape index (κ2) is 8.66. The van der Waals surface area contributed by atoms with E-state index in [2.05, 4.69) is 24.1 Å². The van der Waals surface area contributed by atoms with Gasteiger partial charge in [-0.3, -0.25) is 9.59 Å². The molecule has 0 aliphatic carbocycles. The van der Waals surface area contributed by atoms with E-state index in [9.17, 15) is 9.59 Å². The molecule has 1 aliphatic rings. The molecule has 1 aliphatic heterocycles. The number of hydrogen-bond acceptors (Lipinski definition) is 6. The zero-order chi connectivity index (χ0) is 18.4. The van der Waals surface area contributed by atoms with Crippen LogP contribution in [-0.4, -0.2) is 68.3 Å². The van der Waals surface area contributed by atoms with Crippen molar-refractivity contribution in [2.45, 2.75) is 20.0 Å². The molecule has 2 amide bonds. The van der Waals surface area contributed by atoms with Crippen molar-refractivity contribution in [1.82, 2.24) is 15.2 Å². The lowest BCUT2D eigenvalue weighted by atomic mass is 10.1. The van der Waals surface area contributed by atoms with Gasteiger partial charge in [-0.15, -0.1) is 0 Å². The lowest BCUT2D eigenvalue weighted by molar-refractivity contribution is -0.149. The molecule has 1 aromatic rings. The fourth-order valence-electron chi connectivity index (χ4n) is 2.59. The van der Waals surface area contributed by atoms with Crippen LogP contribution >= 0.6 is 0 Å². The molecule has 2 rings (SSSR count). The van der Waals surface area contributed by atoms with Crippen molar-refractivity contribution in [3.8, 4) is 11.8 Å². The molecule has 1 aromatic heterocycles. The van der Waals surface area contributed by atoms with Crippen molar-refractivity contribution in [2.24, 2.45) is 5.92 Å². The van der Waals surface area contributed by atoms with E-state index in [1.54, 1.807) is 17.0 Å². The molecule has 0 spiro atoms. The molecule has 8 nitrogen and oxygen atoms in total. The van der Waals surface area contributed by atoms with Crippen molar-refractivity contribution in [3.05, 3.63) is 17.7 Å². The van der Waals surface area contributed by atoms with Gasteiger partial charge in [-0.2, -0.15) is 4.98 Å². The normalized spacial score (nSPS) is 17.6. The van der Waals surface area contributed by atoms with Crippen LogP contribution in [0.15, 0.2) is 12.1 Å². The molecule has 0 saturated carbocycles. The van der Waals surface area contributed by atoms with Crippen LogP contribution in [0.5, 0.6) is 11.8 Å². The van der Waals surface area contributed by atoms with E-state index in [4.69, 9.17) is 14.2 Å². The molecule has 25 heavy (non-hydrogen) atoms. The third-order valence-electron chi connectivity index (χ3n) is 3.78. The number of carbonyl (C=O) groups excluding carboxylic acids is 2. The quantitative estimate of drug-likeness (QED) is 0.778. The summed E-state index contributed by atoms with van der Waals surface area (Å²) in [5.41, 5.74) is 0.314. The van der Waals surface area contributed by atoms with Crippen molar-refractivity contribution in [1.29, 1.82) is 0 Å². The summed E-state index contributed by atoms with van der Waals surface area (Å²) in [7, 11) is 2.93. The molecule has 1 atom stereocenters. The molecule has 1 fully saturated rings. The van der Waals surface area contributed by atoms with Crippen LogP contribution in [-0.2, 0) is 9.53 Å². The van der Waals surface area contributed by atoms with E-state index in [-0.39, 0.29) is 30.4 Å². The number of hydrogen-bond donors (Lipinski definition) is 1. The Hall–Kier alpha value is -2.35. The van der Waals surface area contributed by atoms with Gasteiger partial charge in [-0.25, -0.2) is 0 Å². The predicted molar refractivity (Wildman–Crippen MR) is 90.8 cm³/mol. The number of rotatable bonds is 7. The average Bonchev–Trinajstić information content (AvgIpc) is 2.61. The number of nitrogens with zero attached hydrogens (tertiary/aromatic N) is 2. The van der Waals surface area contributed by atoms with Crippen molar-refractivity contribution in [3.63, 3.8) is 0 Å². The minimum absolute atomic E-state index is 0.0164. The zero-order valence-electron chi connectivity index (χ0n) is 15.1. The second-order valence-electron chi connectivity index (χ2n) is 6.25. The molecule has 0 radical (unpaired) electrons. The maximum atomic E-state index is 12.4. The summed E-state index contributed by atoms with van der Waals surface area (Å²) in [5.74, 6) is 0.608.